The van der Waals surface area contributed by atoms with Gasteiger partial charge < -0.3 is 20.4 Å². The van der Waals surface area contributed by atoms with Crippen LogP contribution in [-0.2, 0) is 0 Å². The average molecular weight is 293 g/mol. The molecule has 1 aliphatic rings. The van der Waals surface area contributed by atoms with Gasteiger partial charge in [-0.15, -0.1) is 0 Å². The first-order valence-corrected chi connectivity index (χ1v) is 5.35. The molecule has 18 heavy (non-hydrogen) atoms. The van der Waals surface area contributed by atoms with Gasteiger partial charge in [-0.2, -0.15) is 0 Å². The minimum atomic E-state index is -3.40. The Labute approximate surface area is 110 Å². The molecule has 2 rings (SSSR count). The van der Waals surface area contributed by atoms with Crippen molar-refractivity contribution in [2.24, 2.45) is 0 Å². The number of aliphatic hydroxyl groups is 2. The van der Waals surface area contributed by atoms with Crippen LogP contribution in [0.15, 0.2) is 12.1 Å². The molecule has 0 unspecified atom stereocenters. The molecule has 0 fully saturated rings. The Morgan fingerprint density at radius 1 is 0.889 bits per heavy atom. The maximum atomic E-state index is 11.9. The molecule has 0 aliphatic heterocycles. The lowest BCUT2D eigenvalue weighted by Gasteiger charge is -2.36. The van der Waals surface area contributed by atoms with Crippen LogP contribution >= 0.6 is 23.2 Å². The summed E-state index contributed by atoms with van der Waals surface area (Å²) in [4.78, 5) is 23.6. The molecule has 0 aromatic heterocycles. The minimum absolute atomic E-state index is 0.649. The second-order valence-electron chi connectivity index (χ2n) is 3.76. The summed E-state index contributed by atoms with van der Waals surface area (Å²) in [6.07, 6.45) is 0. The number of carbonyl (C=O) groups is 2. The molecule has 0 saturated heterocycles. The van der Waals surface area contributed by atoms with E-state index < -0.39 is 44.3 Å². The predicted octanol–water partition coefficient (Wildman–Crippen LogP) is 0.332. The van der Waals surface area contributed by atoms with Crippen LogP contribution < -0.4 is 0 Å². The van der Waals surface area contributed by atoms with Gasteiger partial charge >= 0.3 is 0 Å². The first-order chi connectivity index (χ1) is 8.12. The highest BCUT2D eigenvalue weighted by atomic mass is 35.5. The number of benzene rings is 1. The van der Waals surface area contributed by atoms with Crippen LogP contribution in [0.1, 0.15) is 20.7 Å². The highest BCUT2D eigenvalue weighted by molar-refractivity contribution is 6.63. The summed E-state index contributed by atoms with van der Waals surface area (Å²) >= 11 is 10.9. The van der Waals surface area contributed by atoms with Crippen molar-refractivity contribution in [3.8, 4) is 11.5 Å². The van der Waals surface area contributed by atoms with Crippen molar-refractivity contribution in [1.29, 1.82) is 0 Å². The van der Waals surface area contributed by atoms with Crippen molar-refractivity contribution in [1.82, 2.24) is 0 Å². The molecule has 8 heteroatoms. The summed E-state index contributed by atoms with van der Waals surface area (Å²) in [5.74, 6) is -7.51. The highest BCUT2D eigenvalue weighted by Gasteiger charge is 2.63. The molecule has 96 valence electrons. The van der Waals surface area contributed by atoms with Crippen LogP contribution in [0, 0.1) is 0 Å². The third-order valence-electron chi connectivity index (χ3n) is 2.66. The number of hydrogen-bond acceptors (Lipinski definition) is 6. The van der Waals surface area contributed by atoms with E-state index in [0.29, 0.717) is 0 Å². The number of rotatable bonds is 0. The fraction of sp³-hybridized carbons (Fsp3) is 0.200. The Morgan fingerprint density at radius 2 is 1.28 bits per heavy atom. The molecule has 0 amide bonds. The van der Waals surface area contributed by atoms with Crippen molar-refractivity contribution in [3.63, 3.8) is 0 Å². The molecule has 1 aromatic carbocycles. The van der Waals surface area contributed by atoms with Crippen LogP contribution in [0.4, 0.5) is 0 Å². The molecular weight excluding hydrogens is 287 g/mol. The van der Waals surface area contributed by atoms with E-state index in [9.17, 15) is 30.0 Å². The maximum absolute atomic E-state index is 11.9. The van der Waals surface area contributed by atoms with Crippen molar-refractivity contribution in [2.75, 3.05) is 0 Å². The molecule has 0 saturated carbocycles. The second kappa shape index (κ2) is 3.58. The Morgan fingerprint density at radius 3 is 1.72 bits per heavy atom. The van der Waals surface area contributed by atoms with Gasteiger partial charge in [-0.25, -0.2) is 0 Å². The van der Waals surface area contributed by atoms with E-state index in [4.69, 9.17) is 23.2 Å². The number of alkyl halides is 2. The van der Waals surface area contributed by atoms with Gasteiger partial charge in [0.05, 0.1) is 11.1 Å². The van der Waals surface area contributed by atoms with Crippen molar-refractivity contribution in [3.05, 3.63) is 23.3 Å². The van der Waals surface area contributed by atoms with Crippen LogP contribution in [0.2, 0.25) is 0 Å². The number of fused-ring (bicyclic) bond motifs is 1. The van der Waals surface area contributed by atoms with E-state index in [-0.39, 0.29) is 0 Å². The monoisotopic (exact) mass is 292 g/mol. The van der Waals surface area contributed by atoms with Gasteiger partial charge in [0.25, 0.3) is 5.79 Å². The van der Waals surface area contributed by atoms with Gasteiger partial charge in [-0.3, -0.25) is 9.59 Å². The number of phenols is 2. The van der Waals surface area contributed by atoms with Gasteiger partial charge in [0.1, 0.15) is 11.5 Å². The number of ketones is 2. The predicted molar refractivity (Wildman–Crippen MR) is 60.0 cm³/mol. The third-order valence-corrected chi connectivity index (χ3v) is 3.53. The van der Waals surface area contributed by atoms with Gasteiger partial charge in [0.2, 0.25) is 15.9 Å². The lowest BCUT2D eigenvalue weighted by molar-refractivity contribution is -0.125. The Bertz CT molecular complexity index is 527. The number of phenolic OH excluding ortho intramolecular Hbond substituents is 2. The van der Waals surface area contributed by atoms with E-state index in [1.54, 1.807) is 0 Å². The van der Waals surface area contributed by atoms with Crippen LogP contribution in [0.25, 0.3) is 0 Å². The van der Waals surface area contributed by atoms with E-state index in [2.05, 4.69) is 0 Å². The molecule has 0 bridgehead atoms. The fourth-order valence-electron chi connectivity index (χ4n) is 1.67. The Balaban J connectivity index is 2.89. The number of Topliss-reactive ketones (excluding diaryl/α,β-unsaturated/α-hetero) is 2. The fourth-order valence-corrected chi connectivity index (χ4v) is 2.03. The van der Waals surface area contributed by atoms with Crippen LogP contribution in [0.5, 0.6) is 11.5 Å². The maximum Gasteiger partial charge on any atom is 0.271 e. The molecule has 0 atom stereocenters. The quantitative estimate of drug-likeness (QED) is 0.311. The molecule has 0 heterocycles. The first-order valence-electron chi connectivity index (χ1n) is 4.59. The van der Waals surface area contributed by atoms with Crippen LogP contribution in [0.3, 0.4) is 0 Å². The summed E-state index contributed by atoms with van der Waals surface area (Å²) in [7, 11) is 0. The summed E-state index contributed by atoms with van der Waals surface area (Å²) in [6, 6.07) is 1.87. The zero-order chi connectivity index (χ0) is 13.9. The zero-order valence-electron chi connectivity index (χ0n) is 8.52. The minimum Gasteiger partial charge on any atom is -0.507 e. The SMILES string of the molecule is O=C1c2c(O)ccc(O)c2C(=O)C(Cl)(Cl)C1(O)O. The molecule has 0 radical (unpaired) electrons. The Kier molecular flexibility index (Phi) is 2.61. The molecule has 6 nitrogen and oxygen atoms in total. The second-order valence-corrected chi connectivity index (χ2v) is 5.09. The number of carbonyl (C=O) groups excluding carboxylic acids is 2. The van der Waals surface area contributed by atoms with Crippen molar-refractivity contribution < 1.29 is 30.0 Å². The summed E-state index contributed by atoms with van der Waals surface area (Å²) < 4.78 is -2.87. The standard InChI is InChI=1S/C10H6Cl2O6/c11-9(12)7(15)5-3(13)1-2-4(14)6(5)8(16)10(9,17)18/h1-2,13-14,17-18H. The zero-order valence-corrected chi connectivity index (χ0v) is 10.0. The topological polar surface area (TPSA) is 115 Å². The highest BCUT2D eigenvalue weighted by Crippen LogP contribution is 2.47. The Hall–Kier alpha value is -1.34. The molecular formula is C10H6Cl2O6. The molecule has 1 aromatic rings. The lowest BCUT2D eigenvalue weighted by atomic mass is 9.83. The smallest absolute Gasteiger partial charge is 0.271 e. The van der Waals surface area contributed by atoms with E-state index >= 15 is 0 Å². The van der Waals surface area contributed by atoms with Crippen molar-refractivity contribution in [2.45, 2.75) is 10.1 Å². The number of halogens is 2. The van der Waals surface area contributed by atoms with Crippen molar-refractivity contribution >= 4 is 34.8 Å². The molecule has 1 aliphatic carbocycles. The van der Waals surface area contributed by atoms with Gasteiger partial charge in [0.15, 0.2) is 0 Å². The average Bonchev–Trinajstić information content (AvgIpc) is 2.28. The van der Waals surface area contributed by atoms with Crippen LogP contribution in [-0.4, -0.2) is 42.1 Å². The molecule has 4 N–H and O–H groups in total. The van der Waals surface area contributed by atoms with Gasteiger partial charge in [-0.05, 0) is 12.1 Å². The summed E-state index contributed by atoms with van der Waals surface area (Å²) in [5.41, 5.74) is -1.38. The first kappa shape index (κ1) is 13.1. The number of hydrogen-bond donors (Lipinski definition) is 4. The van der Waals surface area contributed by atoms with Gasteiger partial charge in [-0.1, -0.05) is 23.2 Å². The summed E-state index contributed by atoms with van der Waals surface area (Å²) in [5, 5.41) is 38.0. The normalized spacial score (nSPS) is 20.7. The lowest BCUT2D eigenvalue weighted by Crippen LogP contribution is -2.60. The number of aromatic hydroxyl groups is 2. The largest absolute Gasteiger partial charge is 0.507 e. The third kappa shape index (κ3) is 1.37. The van der Waals surface area contributed by atoms with Gasteiger partial charge in [0, 0.05) is 0 Å². The van der Waals surface area contributed by atoms with E-state index in [1.807, 2.05) is 0 Å². The summed E-state index contributed by atoms with van der Waals surface area (Å²) in [6.45, 7) is 0. The van der Waals surface area contributed by atoms with E-state index in [0.717, 1.165) is 12.1 Å². The molecule has 0 spiro atoms. The van der Waals surface area contributed by atoms with E-state index in [1.165, 1.54) is 0 Å².